The van der Waals surface area contributed by atoms with Crippen molar-refractivity contribution in [1.82, 2.24) is 15.0 Å². The summed E-state index contributed by atoms with van der Waals surface area (Å²) in [5.74, 6) is 1.93. The van der Waals surface area contributed by atoms with Gasteiger partial charge in [0.1, 0.15) is 11.2 Å². The second-order valence-electron chi connectivity index (χ2n) is 12.8. The third kappa shape index (κ3) is 4.96. The molecule has 2 aromatic heterocycles. The summed E-state index contributed by atoms with van der Waals surface area (Å²) in [4.78, 5) is 15.0. The van der Waals surface area contributed by atoms with Gasteiger partial charge in [-0.05, 0) is 62.5 Å². The van der Waals surface area contributed by atoms with E-state index < -0.39 is 0 Å². The van der Waals surface area contributed by atoms with Crippen LogP contribution in [0.1, 0.15) is 0 Å². The van der Waals surface area contributed by atoms with Crippen molar-refractivity contribution in [2.24, 2.45) is 0 Å². The Labute approximate surface area is 294 Å². The number of fused-ring (bicyclic) bond motifs is 5. The number of rotatable bonds is 5. The highest BCUT2D eigenvalue weighted by Gasteiger charge is 2.19. The van der Waals surface area contributed by atoms with E-state index >= 15 is 0 Å². The molecule has 51 heavy (non-hydrogen) atoms. The van der Waals surface area contributed by atoms with Gasteiger partial charge in [-0.2, -0.15) is 0 Å². The van der Waals surface area contributed by atoms with E-state index in [1.807, 2.05) is 60.7 Å². The van der Waals surface area contributed by atoms with Crippen molar-refractivity contribution in [3.05, 3.63) is 176 Å². The fourth-order valence-corrected chi connectivity index (χ4v) is 7.31. The van der Waals surface area contributed by atoms with Crippen LogP contribution < -0.4 is 0 Å². The normalized spacial score (nSPS) is 11.5. The molecule has 0 saturated heterocycles. The smallest absolute Gasteiger partial charge is 0.164 e. The van der Waals surface area contributed by atoms with Gasteiger partial charge in [0.2, 0.25) is 0 Å². The van der Waals surface area contributed by atoms with E-state index in [0.717, 1.165) is 71.7 Å². The third-order valence-corrected chi connectivity index (χ3v) is 9.72. The molecule has 4 nitrogen and oxygen atoms in total. The summed E-state index contributed by atoms with van der Waals surface area (Å²) >= 11 is 0. The zero-order valence-corrected chi connectivity index (χ0v) is 27.5. The van der Waals surface area contributed by atoms with Crippen LogP contribution >= 0.6 is 0 Å². The molecule has 0 aliphatic rings. The Morgan fingerprint density at radius 2 is 0.863 bits per heavy atom. The lowest BCUT2D eigenvalue weighted by molar-refractivity contribution is 0.670. The lowest BCUT2D eigenvalue weighted by atomic mass is 9.93. The summed E-state index contributed by atoms with van der Waals surface area (Å²) in [6.45, 7) is 0. The minimum absolute atomic E-state index is 0.641. The molecule has 4 heteroatoms. The molecule has 0 bridgehead atoms. The van der Waals surface area contributed by atoms with Crippen LogP contribution in [0.4, 0.5) is 0 Å². The summed E-state index contributed by atoms with van der Waals surface area (Å²) in [6.07, 6.45) is 0. The van der Waals surface area contributed by atoms with Crippen molar-refractivity contribution in [3.63, 3.8) is 0 Å². The number of benzene rings is 8. The Morgan fingerprint density at radius 3 is 1.53 bits per heavy atom. The van der Waals surface area contributed by atoms with Crippen LogP contribution in [0, 0.1) is 0 Å². The van der Waals surface area contributed by atoms with E-state index in [4.69, 9.17) is 19.4 Å². The van der Waals surface area contributed by atoms with Gasteiger partial charge >= 0.3 is 0 Å². The average Bonchev–Trinajstić information content (AvgIpc) is 3.57. The minimum atomic E-state index is 0.641. The highest BCUT2D eigenvalue weighted by atomic mass is 16.3. The van der Waals surface area contributed by atoms with Crippen LogP contribution in [0.5, 0.6) is 0 Å². The first-order valence-electron chi connectivity index (χ1n) is 17.1. The molecule has 0 N–H and O–H groups in total. The maximum atomic E-state index is 6.67. The monoisotopic (exact) mass is 651 g/mol. The van der Waals surface area contributed by atoms with Crippen molar-refractivity contribution in [1.29, 1.82) is 0 Å². The van der Waals surface area contributed by atoms with E-state index in [0.29, 0.717) is 17.5 Å². The number of furan rings is 1. The van der Waals surface area contributed by atoms with Crippen LogP contribution in [0.2, 0.25) is 0 Å². The predicted molar refractivity (Wildman–Crippen MR) is 209 cm³/mol. The first kappa shape index (κ1) is 29.0. The quantitative estimate of drug-likeness (QED) is 0.186. The maximum absolute atomic E-state index is 6.67. The molecule has 0 saturated carbocycles. The van der Waals surface area contributed by atoms with Crippen molar-refractivity contribution in [3.8, 4) is 56.4 Å². The Hall–Kier alpha value is -6.91. The zero-order chi connectivity index (χ0) is 33.7. The number of nitrogens with zero attached hydrogens (tertiary/aromatic N) is 3. The van der Waals surface area contributed by atoms with E-state index in [-0.39, 0.29) is 0 Å². The fraction of sp³-hybridized carbons (Fsp3) is 0. The molecule has 238 valence electrons. The Bertz CT molecular complexity index is 2840. The van der Waals surface area contributed by atoms with Gasteiger partial charge in [-0.15, -0.1) is 0 Å². The second kappa shape index (κ2) is 11.9. The van der Waals surface area contributed by atoms with Gasteiger partial charge in [-0.3, -0.25) is 0 Å². The van der Waals surface area contributed by atoms with E-state index in [9.17, 15) is 0 Å². The molecule has 0 unspecified atom stereocenters. The first-order chi connectivity index (χ1) is 25.3. The van der Waals surface area contributed by atoms with Crippen LogP contribution in [-0.4, -0.2) is 15.0 Å². The summed E-state index contributed by atoms with van der Waals surface area (Å²) in [5, 5.41) is 6.78. The third-order valence-electron chi connectivity index (χ3n) is 9.72. The fourth-order valence-electron chi connectivity index (χ4n) is 7.31. The van der Waals surface area contributed by atoms with Crippen LogP contribution in [0.25, 0.3) is 99.9 Å². The van der Waals surface area contributed by atoms with Gasteiger partial charge in [0.05, 0.1) is 0 Å². The molecule has 0 spiro atoms. The largest absolute Gasteiger partial charge is 0.455 e. The van der Waals surface area contributed by atoms with Crippen molar-refractivity contribution in [2.75, 3.05) is 0 Å². The standard InChI is InChI=1S/C47H29N3O/c1-4-14-30(15-5-1)43-36-21-11-10-20-33(36)29-41-40-28-34(24-27-42(40)51-44(41)43)35-25-26-39(38-23-13-12-22-37(35)38)47-49-45(31-16-6-2-7-17-31)48-46(50-47)32-18-8-3-9-19-32/h1-29H. The highest BCUT2D eigenvalue weighted by molar-refractivity contribution is 6.19. The summed E-state index contributed by atoms with van der Waals surface area (Å²) in [6, 6.07) is 61.0. The predicted octanol–water partition coefficient (Wildman–Crippen LogP) is 12.4. The molecule has 0 aliphatic heterocycles. The molecular formula is C47H29N3O. The lowest BCUT2D eigenvalue weighted by Crippen LogP contribution is -2.00. The summed E-state index contributed by atoms with van der Waals surface area (Å²) in [5.41, 5.74) is 9.15. The Balaban J connectivity index is 1.16. The minimum Gasteiger partial charge on any atom is -0.455 e. The zero-order valence-electron chi connectivity index (χ0n) is 27.5. The molecule has 0 aliphatic carbocycles. The van der Waals surface area contributed by atoms with Crippen molar-refractivity contribution >= 4 is 43.5 Å². The average molecular weight is 652 g/mol. The molecule has 8 aromatic carbocycles. The highest BCUT2D eigenvalue weighted by Crippen LogP contribution is 2.43. The molecule has 10 aromatic rings. The first-order valence-corrected chi connectivity index (χ1v) is 17.1. The van der Waals surface area contributed by atoms with E-state index in [2.05, 4.69) is 115 Å². The molecule has 2 heterocycles. The Kier molecular flexibility index (Phi) is 6.78. The molecule has 0 fully saturated rings. The van der Waals surface area contributed by atoms with Gasteiger partial charge in [0.25, 0.3) is 0 Å². The SMILES string of the molecule is c1ccc(-c2nc(-c3ccccc3)nc(-c3ccc(-c4ccc5oc6c(-c7ccccc7)c7ccccc7cc6c5c4)c4ccccc34)n2)cc1. The van der Waals surface area contributed by atoms with Gasteiger partial charge in [-0.1, -0.05) is 152 Å². The molecule has 0 atom stereocenters. The van der Waals surface area contributed by atoms with Crippen LogP contribution in [0.3, 0.4) is 0 Å². The van der Waals surface area contributed by atoms with Gasteiger partial charge in [0.15, 0.2) is 17.5 Å². The number of hydrogen-bond acceptors (Lipinski definition) is 4. The molecular weight excluding hydrogens is 623 g/mol. The van der Waals surface area contributed by atoms with E-state index in [1.165, 1.54) is 10.8 Å². The van der Waals surface area contributed by atoms with Crippen molar-refractivity contribution < 1.29 is 4.42 Å². The molecule has 0 radical (unpaired) electrons. The second-order valence-corrected chi connectivity index (χ2v) is 12.8. The van der Waals surface area contributed by atoms with Crippen LogP contribution in [-0.2, 0) is 0 Å². The maximum Gasteiger partial charge on any atom is 0.164 e. The lowest BCUT2D eigenvalue weighted by Gasteiger charge is -2.13. The number of hydrogen-bond donors (Lipinski definition) is 0. The molecule has 0 amide bonds. The summed E-state index contributed by atoms with van der Waals surface area (Å²) in [7, 11) is 0. The Morgan fingerprint density at radius 1 is 0.333 bits per heavy atom. The van der Waals surface area contributed by atoms with Crippen LogP contribution in [0.15, 0.2) is 180 Å². The number of aromatic nitrogens is 3. The van der Waals surface area contributed by atoms with Crippen molar-refractivity contribution in [2.45, 2.75) is 0 Å². The van der Waals surface area contributed by atoms with Gasteiger partial charge in [0, 0.05) is 33.0 Å². The summed E-state index contributed by atoms with van der Waals surface area (Å²) < 4.78 is 6.67. The topological polar surface area (TPSA) is 51.8 Å². The van der Waals surface area contributed by atoms with Gasteiger partial charge in [-0.25, -0.2) is 15.0 Å². The van der Waals surface area contributed by atoms with Gasteiger partial charge < -0.3 is 4.42 Å². The molecule has 10 rings (SSSR count). The van der Waals surface area contributed by atoms with E-state index in [1.54, 1.807) is 0 Å².